The Morgan fingerprint density at radius 2 is 2.26 bits per heavy atom. The number of nitrogens with two attached hydrogens (primary N) is 1. The lowest BCUT2D eigenvalue weighted by molar-refractivity contribution is 0.262. The predicted octanol–water partition coefficient (Wildman–Crippen LogP) is 2.47. The topological polar surface area (TPSA) is 73.3 Å². The molecule has 4 N–H and O–H groups in total. The van der Waals surface area contributed by atoms with Crippen molar-refractivity contribution in [2.24, 2.45) is 5.73 Å². The van der Waals surface area contributed by atoms with Crippen molar-refractivity contribution in [3.8, 4) is 0 Å². The van der Waals surface area contributed by atoms with Gasteiger partial charge in [0, 0.05) is 34.9 Å². The van der Waals surface area contributed by atoms with Crippen LogP contribution in [0.1, 0.15) is 31.2 Å². The number of hydrogen-bond acceptors (Lipinski definition) is 3. The lowest BCUT2D eigenvalue weighted by Gasteiger charge is -2.38. The molecule has 5 heteroatoms. The summed E-state index contributed by atoms with van der Waals surface area (Å²) >= 11 is 3.48. The summed E-state index contributed by atoms with van der Waals surface area (Å²) in [6.45, 7) is 1.16. The van der Waals surface area contributed by atoms with Gasteiger partial charge in [-0.3, -0.25) is 5.41 Å². The summed E-state index contributed by atoms with van der Waals surface area (Å²) < 4.78 is 0.987. The molecule has 0 aliphatic carbocycles. The molecule has 1 aromatic rings. The van der Waals surface area contributed by atoms with E-state index in [1.165, 1.54) is 6.42 Å². The number of anilines is 1. The molecule has 4 nitrogen and oxygen atoms in total. The van der Waals surface area contributed by atoms with Crippen LogP contribution in [0.5, 0.6) is 0 Å². The Morgan fingerprint density at radius 1 is 1.47 bits per heavy atom. The maximum atomic E-state index is 9.21. The maximum Gasteiger partial charge on any atom is 0.124 e. The Balaban J connectivity index is 2.37. The number of halogens is 1. The third-order valence-corrected chi connectivity index (χ3v) is 4.14. The second-order valence-electron chi connectivity index (χ2n) is 4.93. The molecule has 0 spiro atoms. The van der Waals surface area contributed by atoms with Crippen molar-refractivity contribution in [3.63, 3.8) is 0 Å². The molecule has 19 heavy (non-hydrogen) atoms. The third kappa shape index (κ3) is 3.28. The van der Waals surface area contributed by atoms with Gasteiger partial charge in [-0.15, -0.1) is 0 Å². The quantitative estimate of drug-likeness (QED) is 0.588. The predicted molar refractivity (Wildman–Crippen MR) is 81.8 cm³/mol. The Labute approximate surface area is 122 Å². The van der Waals surface area contributed by atoms with Crippen molar-refractivity contribution < 1.29 is 5.11 Å². The fraction of sp³-hybridized carbons (Fsp3) is 0.500. The Morgan fingerprint density at radius 3 is 2.95 bits per heavy atom. The maximum absolute atomic E-state index is 9.21. The smallest absolute Gasteiger partial charge is 0.124 e. The number of nitrogen functional groups attached to an aromatic ring is 1. The Bertz CT molecular complexity index is 462. The first-order valence-electron chi connectivity index (χ1n) is 6.65. The van der Waals surface area contributed by atoms with Crippen molar-refractivity contribution in [3.05, 3.63) is 28.2 Å². The lowest BCUT2D eigenvalue weighted by Crippen LogP contribution is -2.41. The van der Waals surface area contributed by atoms with Crippen molar-refractivity contribution in [1.29, 1.82) is 5.41 Å². The van der Waals surface area contributed by atoms with Gasteiger partial charge in [0.2, 0.25) is 0 Å². The van der Waals surface area contributed by atoms with Gasteiger partial charge in [-0.1, -0.05) is 15.9 Å². The molecule has 1 fully saturated rings. The Kier molecular flexibility index (Phi) is 4.82. The number of benzene rings is 1. The number of piperidine rings is 1. The number of nitrogens with zero attached hydrogens (tertiary/aromatic N) is 1. The summed E-state index contributed by atoms with van der Waals surface area (Å²) in [7, 11) is 0. The molecule has 1 heterocycles. The average Bonchev–Trinajstić information content (AvgIpc) is 2.39. The van der Waals surface area contributed by atoms with Gasteiger partial charge in [-0.25, -0.2) is 0 Å². The number of hydrogen-bond donors (Lipinski definition) is 3. The third-order valence-electron chi connectivity index (χ3n) is 3.65. The summed E-state index contributed by atoms with van der Waals surface area (Å²) in [5, 5.41) is 16.9. The van der Waals surface area contributed by atoms with Crippen LogP contribution in [0.2, 0.25) is 0 Å². The zero-order valence-electron chi connectivity index (χ0n) is 10.9. The Hall–Kier alpha value is -1.07. The second-order valence-corrected chi connectivity index (χ2v) is 5.85. The zero-order valence-corrected chi connectivity index (χ0v) is 12.5. The second kappa shape index (κ2) is 6.39. The molecular formula is C14H20BrN3O. The average molecular weight is 326 g/mol. The lowest BCUT2D eigenvalue weighted by atomic mass is 9.97. The molecule has 1 aliphatic rings. The van der Waals surface area contributed by atoms with Gasteiger partial charge in [0.15, 0.2) is 0 Å². The number of amidine groups is 1. The van der Waals surface area contributed by atoms with Crippen molar-refractivity contribution in [2.75, 3.05) is 18.1 Å². The molecule has 0 radical (unpaired) electrons. The van der Waals surface area contributed by atoms with E-state index in [1.807, 2.05) is 18.2 Å². The van der Waals surface area contributed by atoms with Crippen LogP contribution in [0.4, 0.5) is 5.69 Å². The van der Waals surface area contributed by atoms with Crippen molar-refractivity contribution >= 4 is 27.5 Å². The van der Waals surface area contributed by atoms with Crippen LogP contribution in [-0.4, -0.2) is 30.1 Å². The van der Waals surface area contributed by atoms with E-state index < -0.39 is 0 Å². The van der Waals surface area contributed by atoms with Crippen molar-refractivity contribution in [2.45, 2.75) is 31.7 Å². The summed E-state index contributed by atoms with van der Waals surface area (Å²) in [5.74, 6) is 0.0934. The molecule has 1 unspecified atom stereocenters. The molecule has 0 amide bonds. The molecule has 0 aromatic heterocycles. The highest BCUT2D eigenvalue weighted by molar-refractivity contribution is 9.10. The van der Waals surface area contributed by atoms with E-state index >= 15 is 0 Å². The largest absolute Gasteiger partial charge is 0.396 e. The van der Waals surface area contributed by atoms with Crippen LogP contribution in [0, 0.1) is 5.41 Å². The first kappa shape index (κ1) is 14.3. The van der Waals surface area contributed by atoms with Crippen LogP contribution in [0.3, 0.4) is 0 Å². The number of aliphatic hydroxyl groups excluding tert-OH is 1. The van der Waals surface area contributed by atoms with E-state index in [0.29, 0.717) is 6.04 Å². The standard InChI is InChI=1S/C14H20BrN3O/c15-10-4-5-12(14(16)17)13(9-10)18-7-2-1-3-11(18)6-8-19/h4-5,9,11,19H,1-3,6-8H2,(H3,16,17). The molecule has 2 rings (SSSR count). The summed E-state index contributed by atoms with van der Waals surface area (Å²) in [6.07, 6.45) is 4.20. The molecule has 0 saturated carbocycles. The first-order chi connectivity index (χ1) is 9.13. The van der Waals surface area contributed by atoms with Crippen LogP contribution < -0.4 is 10.6 Å². The zero-order chi connectivity index (χ0) is 13.8. The van der Waals surface area contributed by atoms with Crippen molar-refractivity contribution in [1.82, 2.24) is 0 Å². The highest BCUT2D eigenvalue weighted by Crippen LogP contribution is 2.31. The minimum Gasteiger partial charge on any atom is -0.396 e. The highest BCUT2D eigenvalue weighted by Gasteiger charge is 2.24. The number of rotatable bonds is 4. The van der Waals surface area contributed by atoms with Crippen LogP contribution >= 0.6 is 15.9 Å². The normalized spacial score (nSPS) is 19.5. The van der Waals surface area contributed by atoms with Crippen LogP contribution in [0.15, 0.2) is 22.7 Å². The van der Waals surface area contributed by atoms with E-state index in [4.69, 9.17) is 11.1 Å². The number of aliphatic hydroxyl groups is 1. The molecule has 1 saturated heterocycles. The fourth-order valence-electron chi connectivity index (χ4n) is 2.74. The summed E-state index contributed by atoms with van der Waals surface area (Å²) in [5.41, 5.74) is 7.45. The van der Waals surface area contributed by atoms with Gasteiger partial charge in [0.25, 0.3) is 0 Å². The minimum atomic E-state index is 0.0934. The molecule has 1 aliphatic heterocycles. The van der Waals surface area contributed by atoms with Crippen LogP contribution in [0.25, 0.3) is 0 Å². The van der Waals surface area contributed by atoms with Crippen LogP contribution in [-0.2, 0) is 0 Å². The van der Waals surface area contributed by atoms with E-state index in [0.717, 1.165) is 41.5 Å². The van der Waals surface area contributed by atoms with E-state index in [1.54, 1.807) is 0 Å². The van der Waals surface area contributed by atoms with E-state index in [2.05, 4.69) is 20.8 Å². The van der Waals surface area contributed by atoms with Gasteiger partial charge in [0.1, 0.15) is 5.84 Å². The molecule has 0 bridgehead atoms. The monoisotopic (exact) mass is 325 g/mol. The first-order valence-corrected chi connectivity index (χ1v) is 7.44. The van der Waals surface area contributed by atoms with Gasteiger partial charge >= 0.3 is 0 Å². The van der Waals surface area contributed by atoms with Gasteiger partial charge in [0.05, 0.1) is 0 Å². The highest BCUT2D eigenvalue weighted by atomic mass is 79.9. The van der Waals surface area contributed by atoms with Gasteiger partial charge < -0.3 is 15.7 Å². The van der Waals surface area contributed by atoms with Gasteiger partial charge in [-0.2, -0.15) is 0 Å². The van der Waals surface area contributed by atoms with E-state index in [-0.39, 0.29) is 12.4 Å². The van der Waals surface area contributed by atoms with E-state index in [9.17, 15) is 5.11 Å². The minimum absolute atomic E-state index is 0.0934. The SMILES string of the molecule is N=C(N)c1ccc(Br)cc1N1CCCCC1CCO. The molecular weight excluding hydrogens is 306 g/mol. The molecule has 104 valence electrons. The summed E-state index contributed by atoms with van der Waals surface area (Å²) in [6, 6.07) is 6.15. The summed E-state index contributed by atoms with van der Waals surface area (Å²) in [4.78, 5) is 2.29. The number of nitrogens with one attached hydrogen (secondary N) is 1. The fourth-order valence-corrected chi connectivity index (χ4v) is 3.09. The molecule has 1 atom stereocenters. The van der Waals surface area contributed by atoms with Gasteiger partial charge in [-0.05, 0) is 43.9 Å². The molecule has 1 aromatic carbocycles.